The van der Waals surface area contributed by atoms with Crippen LogP contribution in [0.25, 0.3) is 0 Å². The summed E-state index contributed by atoms with van der Waals surface area (Å²) in [7, 11) is 2.88. The van der Waals surface area contributed by atoms with Crippen LogP contribution < -0.4 is 25.8 Å². The van der Waals surface area contributed by atoms with Crippen molar-refractivity contribution in [3.05, 3.63) is 46.3 Å². The Balaban J connectivity index is 1.96. The SMILES string of the molecule is COc1ccc(OC)c(CCNC(=S)Nc2ccnc(=O)[nH]2)c1F. The van der Waals surface area contributed by atoms with E-state index in [1.54, 1.807) is 12.1 Å². The molecule has 7 nitrogen and oxygen atoms in total. The molecule has 0 unspecified atom stereocenters. The lowest BCUT2D eigenvalue weighted by molar-refractivity contribution is 0.371. The molecule has 2 rings (SSSR count). The third-order valence-electron chi connectivity index (χ3n) is 3.19. The first-order valence-corrected chi connectivity index (χ1v) is 7.45. The van der Waals surface area contributed by atoms with E-state index in [1.807, 2.05) is 0 Å². The summed E-state index contributed by atoms with van der Waals surface area (Å²) in [6.45, 7) is 0.363. The molecule has 0 bridgehead atoms. The molecule has 0 radical (unpaired) electrons. The minimum atomic E-state index is -0.481. The second kappa shape index (κ2) is 8.25. The maximum absolute atomic E-state index is 14.3. The number of thiocarbonyl (C=S) groups is 1. The number of hydrogen-bond donors (Lipinski definition) is 3. The van der Waals surface area contributed by atoms with Crippen LogP contribution >= 0.6 is 12.2 Å². The second-order valence-electron chi connectivity index (χ2n) is 4.68. The van der Waals surface area contributed by atoms with Crippen LogP contribution in [-0.4, -0.2) is 35.8 Å². The van der Waals surface area contributed by atoms with E-state index >= 15 is 0 Å². The monoisotopic (exact) mass is 352 g/mol. The summed E-state index contributed by atoms with van der Waals surface area (Å²) in [5.74, 6) is 0.543. The molecule has 0 fully saturated rings. The first kappa shape index (κ1) is 17.7. The zero-order valence-corrected chi connectivity index (χ0v) is 14.0. The van der Waals surface area contributed by atoms with Gasteiger partial charge in [0.05, 0.1) is 14.2 Å². The standard InChI is InChI=1S/C15H17FN4O3S/c1-22-10-3-4-11(23-2)13(16)9(10)5-7-18-15(24)20-12-6-8-17-14(21)19-12/h3-4,6,8H,5,7H2,1-2H3,(H3,17,18,19,20,21,24). The molecule has 0 aliphatic carbocycles. The molecule has 1 aromatic carbocycles. The molecule has 0 atom stereocenters. The van der Waals surface area contributed by atoms with Gasteiger partial charge in [0.15, 0.2) is 16.7 Å². The number of H-pyrrole nitrogens is 1. The Kier molecular flexibility index (Phi) is 6.07. The van der Waals surface area contributed by atoms with E-state index in [9.17, 15) is 9.18 Å². The summed E-state index contributed by atoms with van der Waals surface area (Å²) in [6, 6.07) is 4.73. The van der Waals surface area contributed by atoms with Crippen molar-refractivity contribution in [2.75, 3.05) is 26.1 Å². The van der Waals surface area contributed by atoms with Crippen molar-refractivity contribution in [1.82, 2.24) is 15.3 Å². The van der Waals surface area contributed by atoms with Gasteiger partial charge in [0.2, 0.25) is 0 Å². The van der Waals surface area contributed by atoms with Gasteiger partial charge in [0, 0.05) is 18.3 Å². The van der Waals surface area contributed by atoms with E-state index in [0.29, 0.717) is 35.2 Å². The maximum Gasteiger partial charge on any atom is 0.346 e. The minimum Gasteiger partial charge on any atom is -0.496 e. The number of anilines is 1. The highest BCUT2D eigenvalue weighted by molar-refractivity contribution is 7.80. The predicted molar refractivity (Wildman–Crippen MR) is 92.3 cm³/mol. The molecule has 0 amide bonds. The second-order valence-corrected chi connectivity index (χ2v) is 5.09. The summed E-state index contributed by atoms with van der Waals surface area (Å²) < 4.78 is 24.5. The van der Waals surface area contributed by atoms with Crippen LogP contribution in [0.15, 0.2) is 29.2 Å². The van der Waals surface area contributed by atoms with E-state index in [0.717, 1.165) is 0 Å². The molecule has 2 aromatic rings. The number of aromatic nitrogens is 2. The smallest absolute Gasteiger partial charge is 0.346 e. The summed E-state index contributed by atoms with van der Waals surface area (Å²) in [5, 5.41) is 6.03. The largest absolute Gasteiger partial charge is 0.496 e. The highest BCUT2D eigenvalue weighted by atomic mass is 32.1. The van der Waals surface area contributed by atoms with Gasteiger partial charge >= 0.3 is 5.69 Å². The molecule has 1 aromatic heterocycles. The minimum absolute atomic E-state index is 0.154. The average Bonchev–Trinajstić information content (AvgIpc) is 2.56. The van der Waals surface area contributed by atoms with Crippen LogP contribution in [0.5, 0.6) is 11.5 Å². The zero-order valence-electron chi connectivity index (χ0n) is 13.2. The summed E-state index contributed by atoms with van der Waals surface area (Å²) >= 11 is 5.12. The Morgan fingerprint density at radius 1 is 1.29 bits per heavy atom. The molecular formula is C15H17FN4O3S. The van der Waals surface area contributed by atoms with Gasteiger partial charge in [-0.1, -0.05) is 0 Å². The molecule has 1 heterocycles. The number of hydrogen-bond acceptors (Lipinski definition) is 5. The number of halogens is 1. The molecule has 0 aliphatic rings. The van der Waals surface area contributed by atoms with Gasteiger partial charge in [-0.05, 0) is 36.8 Å². The first-order valence-electron chi connectivity index (χ1n) is 7.04. The van der Waals surface area contributed by atoms with Gasteiger partial charge < -0.3 is 20.1 Å². The fourth-order valence-corrected chi connectivity index (χ4v) is 2.28. The molecule has 9 heteroatoms. The van der Waals surface area contributed by atoms with E-state index in [-0.39, 0.29) is 5.75 Å². The maximum atomic E-state index is 14.3. The van der Waals surface area contributed by atoms with Gasteiger partial charge in [-0.15, -0.1) is 0 Å². The molecule has 128 valence electrons. The number of benzene rings is 1. The molecule has 3 N–H and O–H groups in total. The van der Waals surface area contributed by atoms with Gasteiger partial charge in [-0.2, -0.15) is 0 Å². The van der Waals surface area contributed by atoms with Crippen LogP contribution in [0.2, 0.25) is 0 Å². The first-order chi connectivity index (χ1) is 11.5. The highest BCUT2D eigenvalue weighted by Crippen LogP contribution is 2.28. The van der Waals surface area contributed by atoms with Crippen molar-refractivity contribution >= 4 is 23.1 Å². The molecule has 0 spiro atoms. The average molecular weight is 352 g/mol. The lowest BCUT2D eigenvalue weighted by atomic mass is 10.1. The number of ether oxygens (including phenoxy) is 2. The van der Waals surface area contributed by atoms with Gasteiger partial charge in [-0.25, -0.2) is 14.2 Å². The van der Waals surface area contributed by atoms with Crippen LogP contribution in [0.3, 0.4) is 0 Å². The van der Waals surface area contributed by atoms with Crippen molar-refractivity contribution < 1.29 is 13.9 Å². The molecule has 0 saturated heterocycles. The topological polar surface area (TPSA) is 88.3 Å². The molecular weight excluding hydrogens is 335 g/mol. The van der Waals surface area contributed by atoms with Crippen molar-refractivity contribution in [2.45, 2.75) is 6.42 Å². The van der Waals surface area contributed by atoms with Crippen molar-refractivity contribution in [2.24, 2.45) is 0 Å². The highest BCUT2D eigenvalue weighted by Gasteiger charge is 2.14. The number of methoxy groups -OCH3 is 2. The van der Waals surface area contributed by atoms with Crippen LogP contribution in [0.4, 0.5) is 10.2 Å². The van der Waals surface area contributed by atoms with Crippen LogP contribution in [0, 0.1) is 5.82 Å². The Morgan fingerprint density at radius 3 is 2.67 bits per heavy atom. The van der Waals surface area contributed by atoms with E-state index in [2.05, 4.69) is 20.6 Å². The van der Waals surface area contributed by atoms with Gasteiger partial charge in [0.25, 0.3) is 0 Å². The summed E-state index contributed by atoms with van der Waals surface area (Å²) in [5.41, 5.74) is -0.0875. The van der Waals surface area contributed by atoms with E-state index in [4.69, 9.17) is 21.7 Å². The Morgan fingerprint density at radius 2 is 2.00 bits per heavy atom. The van der Waals surface area contributed by atoms with Crippen molar-refractivity contribution in [3.63, 3.8) is 0 Å². The van der Waals surface area contributed by atoms with E-state index < -0.39 is 11.5 Å². The third-order valence-corrected chi connectivity index (χ3v) is 3.43. The summed E-state index contributed by atoms with van der Waals surface area (Å²) in [6.07, 6.45) is 1.70. The summed E-state index contributed by atoms with van der Waals surface area (Å²) in [4.78, 5) is 17.1. The number of nitrogens with one attached hydrogen (secondary N) is 3. The third kappa shape index (κ3) is 4.42. The lowest BCUT2D eigenvalue weighted by Crippen LogP contribution is -2.31. The fourth-order valence-electron chi connectivity index (χ4n) is 2.07. The van der Waals surface area contributed by atoms with Crippen LogP contribution in [-0.2, 0) is 6.42 Å². The van der Waals surface area contributed by atoms with Gasteiger partial charge in [-0.3, -0.25) is 4.98 Å². The lowest BCUT2D eigenvalue weighted by Gasteiger charge is -2.14. The number of rotatable bonds is 6. The van der Waals surface area contributed by atoms with Crippen molar-refractivity contribution in [3.8, 4) is 11.5 Å². The Labute approximate surface area is 143 Å². The number of nitrogens with zero attached hydrogens (tertiary/aromatic N) is 1. The zero-order chi connectivity index (χ0) is 17.5. The molecule has 24 heavy (non-hydrogen) atoms. The Bertz CT molecular complexity index is 782. The van der Waals surface area contributed by atoms with E-state index in [1.165, 1.54) is 26.5 Å². The quantitative estimate of drug-likeness (QED) is 0.678. The Hall–Kier alpha value is -2.68. The normalized spacial score (nSPS) is 10.1. The van der Waals surface area contributed by atoms with Crippen molar-refractivity contribution in [1.29, 1.82) is 0 Å². The fraction of sp³-hybridized carbons (Fsp3) is 0.267. The molecule has 0 aliphatic heterocycles. The number of aromatic amines is 1. The van der Waals surface area contributed by atoms with Crippen LogP contribution in [0.1, 0.15) is 5.56 Å². The predicted octanol–water partition coefficient (Wildman–Crippen LogP) is 1.46. The van der Waals surface area contributed by atoms with Gasteiger partial charge in [0.1, 0.15) is 11.6 Å². The molecule has 0 saturated carbocycles.